The molecule has 0 aromatic rings. The zero-order valence-corrected chi connectivity index (χ0v) is 8.04. The van der Waals surface area contributed by atoms with Crippen LogP contribution in [0.4, 0.5) is 0 Å². The maximum absolute atomic E-state index is 2.41. The third-order valence-corrected chi connectivity index (χ3v) is 6.07. The van der Waals surface area contributed by atoms with Gasteiger partial charge in [0, 0.05) is 0 Å². The first-order chi connectivity index (χ1) is 3.97. The molecule has 0 atom stereocenters. The van der Waals surface area contributed by atoms with E-state index in [0.29, 0.717) is 9.13 Å². The van der Waals surface area contributed by atoms with Crippen molar-refractivity contribution in [3.8, 4) is 0 Å². The van der Waals surface area contributed by atoms with Gasteiger partial charge in [-0.1, -0.05) is 0 Å². The summed E-state index contributed by atoms with van der Waals surface area (Å²) < 4.78 is 1.73. The Bertz CT molecular complexity index is 207. The van der Waals surface area contributed by atoms with Crippen molar-refractivity contribution in [2.24, 2.45) is 0 Å². The Morgan fingerprint density at radius 3 is 3.25 bits per heavy atom. The third-order valence-electron chi connectivity index (χ3n) is 1.44. The standard InChI is InChI=1S/C6H6GeSi/c1-3-7-5-2-4-8-6(1)5/h1-4,7-8H. The van der Waals surface area contributed by atoms with Gasteiger partial charge in [-0.05, 0) is 0 Å². The fourth-order valence-corrected chi connectivity index (χ4v) is 6.21. The van der Waals surface area contributed by atoms with Gasteiger partial charge in [0.15, 0.2) is 0 Å². The zero-order chi connectivity index (χ0) is 5.40. The Morgan fingerprint density at radius 1 is 1.38 bits per heavy atom. The molecular weight excluding hydrogens is 173 g/mol. The van der Waals surface area contributed by atoms with E-state index in [9.17, 15) is 0 Å². The molecule has 2 rings (SSSR count). The first-order valence-electron chi connectivity index (χ1n) is 2.74. The van der Waals surface area contributed by atoms with Crippen LogP contribution in [0, 0.1) is 0 Å². The second kappa shape index (κ2) is 1.74. The van der Waals surface area contributed by atoms with Crippen LogP contribution in [-0.2, 0) is 0 Å². The first-order valence-corrected chi connectivity index (χ1v) is 6.59. The van der Waals surface area contributed by atoms with Gasteiger partial charge in [0.2, 0.25) is 0 Å². The van der Waals surface area contributed by atoms with E-state index in [-0.39, 0.29) is 15.0 Å². The zero-order valence-electron chi connectivity index (χ0n) is 4.46. The van der Waals surface area contributed by atoms with Gasteiger partial charge in [-0.3, -0.25) is 0 Å². The number of fused-ring (bicyclic) bond motifs is 1. The second-order valence-electron chi connectivity index (χ2n) is 1.96. The summed E-state index contributed by atoms with van der Waals surface area (Å²) in [5, 5.41) is 1.69. The molecule has 0 aromatic heterocycles. The molecule has 0 fully saturated rings. The normalized spacial score (nSPS) is 21.0. The van der Waals surface area contributed by atoms with Crippen molar-refractivity contribution in [1.29, 1.82) is 0 Å². The molecule has 38 valence electrons. The summed E-state index contributed by atoms with van der Waals surface area (Å²) in [4.78, 5) is 2.41. The molecule has 0 spiro atoms. The summed E-state index contributed by atoms with van der Waals surface area (Å²) in [6.45, 7) is 0. The Morgan fingerprint density at radius 2 is 2.38 bits per heavy atom. The molecule has 0 saturated carbocycles. The Hall–Kier alpha value is -0.0203. The van der Waals surface area contributed by atoms with E-state index in [2.05, 4.69) is 22.7 Å². The average Bonchev–Trinajstić information content (AvgIpc) is 2.15. The van der Waals surface area contributed by atoms with Gasteiger partial charge in [0.25, 0.3) is 0 Å². The number of hydrogen-bond acceptors (Lipinski definition) is 0. The summed E-state index contributed by atoms with van der Waals surface area (Å²) in [6, 6.07) is 0. The molecule has 0 unspecified atom stereocenters. The molecule has 8 heavy (non-hydrogen) atoms. The van der Waals surface area contributed by atoms with E-state index in [0.717, 1.165) is 0 Å². The van der Waals surface area contributed by atoms with Crippen LogP contribution in [-0.4, -0.2) is 34.6 Å². The average molecular weight is 179 g/mol. The van der Waals surface area contributed by atoms with Gasteiger partial charge < -0.3 is 0 Å². The van der Waals surface area contributed by atoms with Crippen molar-refractivity contribution in [3.05, 3.63) is 21.8 Å². The summed E-state index contributed by atoms with van der Waals surface area (Å²) in [5.74, 6) is 0. The molecule has 2 aliphatic heterocycles. The molecule has 2 aliphatic rings. The monoisotopic (exact) mass is 180 g/mol. The maximum atomic E-state index is 2.41. The van der Waals surface area contributed by atoms with E-state index < -0.39 is 0 Å². The van der Waals surface area contributed by atoms with Crippen molar-refractivity contribution < 1.29 is 0 Å². The SMILES string of the molecule is C1=[SiH]C2=C[CH]=[GeH][C]2=C1. The quantitative estimate of drug-likeness (QED) is 0.429. The minimum absolute atomic E-state index is 0.0307. The molecular formula is C6H6GeSi. The molecule has 2 heteroatoms. The molecule has 2 heterocycles. The molecule has 0 saturated heterocycles. The number of allylic oxidation sites excluding steroid dienone is 4. The van der Waals surface area contributed by atoms with Gasteiger partial charge in [0.1, 0.15) is 0 Å². The first kappa shape index (κ1) is 4.82. The van der Waals surface area contributed by atoms with Gasteiger partial charge in [0.05, 0.1) is 0 Å². The fourth-order valence-electron chi connectivity index (χ4n) is 1.01. The van der Waals surface area contributed by atoms with Crippen molar-refractivity contribution in [1.82, 2.24) is 0 Å². The summed E-state index contributed by atoms with van der Waals surface area (Å²) in [7, 11) is 0.559. The molecule has 0 N–H and O–H groups in total. The van der Waals surface area contributed by atoms with Crippen LogP contribution in [0.15, 0.2) is 21.8 Å². The van der Waals surface area contributed by atoms with E-state index in [1.807, 2.05) is 0 Å². The van der Waals surface area contributed by atoms with Gasteiger partial charge in [-0.2, -0.15) is 0 Å². The molecule has 0 bridgehead atoms. The summed E-state index contributed by atoms with van der Waals surface area (Å²) in [5.41, 5.74) is 2.35. The molecule has 0 aromatic carbocycles. The van der Waals surface area contributed by atoms with E-state index in [1.165, 1.54) is 0 Å². The molecule has 0 radical (unpaired) electrons. The van der Waals surface area contributed by atoms with Crippen LogP contribution in [0.1, 0.15) is 0 Å². The fraction of sp³-hybridized carbons (Fsp3) is 0. The van der Waals surface area contributed by atoms with Crippen molar-refractivity contribution in [3.63, 3.8) is 0 Å². The second-order valence-corrected chi connectivity index (χ2v) is 6.11. The van der Waals surface area contributed by atoms with E-state index in [1.54, 1.807) is 9.60 Å². The number of hydrogen-bond donors (Lipinski definition) is 0. The predicted octanol–water partition coefficient (Wildman–Crippen LogP) is -0.741. The summed E-state index contributed by atoms with van der Waals surface area (Å²) >= 11 is -0.0307. The van der Waals surface area contributed by atoms with E-state index >= 15 is 0 Å². The van der Waals surface area contributed by atoms with Gasteiger partial charge in [-0.25, -0.2) is 0 Å². The molecule has 0 aliphatic carbocycles. The van der Waals surface area contributed by atoms with Crippen molar-refractivity contribution in [2.75, 3.05) is 0 Å². The Labute approximate surface area is 56.7 Å². The van der Waals surface area contributed by atoms with E-state index in [4.69, 9.17) is 0 Å². The van der Waals surface area contributed by atoms with Crippen LogP contribution in [0.5, 0.6) is 0 Å². The topological polar surface area (TPSA) is 0 Å². The van der Waals surface area contributed by atoms with Crippen LogP contribution < -0.4 is 0 Å². The number of rotatable bonds is 0. The molecule has 0 nitrogen and oxygen atoms in total. The summed E-state index contributed by atoms with van der Waals surface area (Å²) in [6.07, 6.45) is 4.68. The Balaban J connectivity index is 2.59. The van der Waals surface area contributed by atoms with Crippen LogP contribution >= 0.6 is 0 Å². The Kier molecular flexibility index (Phi) is 1.05. The van der Waals surface area contributed by atoms with Crippen LogP contribution in [0.25, 0.3) is 0 Å². The van der Waals surface area contributed by atoms with Gasteiger partial charge >= 0.3 is 56.4 Å². The van der Waals surface area contributed by atoms with Crippen molar-refractivity contribution >= 4 is 34.6 Å². The minimum atomic E-state index is -0.0307. The third kappa shape index (κ3) is 0.581. The van der Waals surface area contributed by atoms with Gasteiger partial charge in [-0.15, -0.1) is 0 Å². The predicted molar refractivity (Wildman–Crippen MR) is 42.6 cm³/mol. The van der Waals surface area contributed by atoms with Crippen LogP contribution in [0.2, 0.25) is 0 Å². The van der Waals surface area contributed by atoms with Crippen LogP contribution in [0.3, 0.4) is 0 Å². The van der Waals surface area contributed by atoms with Crippen molar-refractivity contribution in [2.45, 2.75) is 0 Å². The molecule has 0 amide bonds.